The molecule has 0 radical (unpaired) electrons. The van der Waals surface area contributed by atoms with Gasteiger partial charge in [-0.25, -0.2) is 23.1 Å². The molecule has 15 heteroatoms. The van der Waals surface area contributed by atoms with Crippen molar-refractivity contribution < 1.29 is 18.0 Å². The van der Waals surface area contributed by atoms with Gasteiger partial charge in [0.05, 0.1) is 10.4 Å². The minimum atomic E-state index is -3.88. The van der Waals surface area contributed by atoms with Crippen LogP contribution in [0.3, 0.4) is 0 Å². The van der Waals surface area contributed by atoms with Crippen LogP contribution in [0.5, 0.6) is 0 Å². The zero-order valence-corrected chi connectivity index (χ0v) is 24.2. The number of nitrogens with zero attached hydrogens (tertiary/aromatic N) is 4. The number of nitrogens with two attached hydrogens (primary N) is 2. The quantitative estimate of drug-likeness (QED) is 0.192. The van der Waals surface area contributed by atoms with Gasteiger partial charge in [0, 0.05) is 49.7 Å². The van der Waals surface area contributed by atoms with E-state index in [2.05, 4.69) is 30.3 Å². The van der Waals surface area contributed by atoms with Gasteiger partial charge in [0.25, 0.3) is 5.91 Å². The molecule has 0 aliphatic carbocycles. The molecule has 13 nitrogen and oxygen atoms in total. The molecule has 1 amide bonds. The number of aromatic nitrogens is 3. The van der Waals surface area contributed by atoms with Crippen LogP contribution in [0.2, 0.25) is 5.15 Å². The number of amides is 1. The molecule has 4 heterocycles. The van der Waals surface area contributed by atoms with Crippen molar-refractivity contribution in [3.05, 3.63) is 82.7 Å². The summed E-state index contributed by atoms with van der Waals surface area (Å²) in [7, 11) is -3.88. The summed E-state index contributed by atoms with van der Waals surface area (Å²) < 4.78 is 28.8. The van der Waals surface area contributed by atoms with Gasteiger partial charge in [-0.3, -0.25) is 14.6 Å². The van der Waals surface area contributed by atoms with Crippen LogP contribution in [0.15, 0.2) is 65.6 Å². The highest BCUT2D eigenvalue weighted by atomic mass is 35.5. The average Bonchev–Trinajstić information content (AvgIpc) is 3.36. The van der Waals surface area contributed by atoms with E-state index in [-0.39, 0.29) is 44.4 Å². The maximum Gasteiger partial charge on any atom is 0.253 e. The van der Waals surface area contributed by atoms with Crippen LogP contribution in [-0.4, -0.2) is 65.1 Å². The average molecular weight is 612 g/mol. The van der Waals surface area contributed by atoms with Crippen molar-refractivity contribution in [2.24, 2.45) is 0 Å². The minimum absolute atomic E-state index is 0.0107. The van der Waals surface area contributed by atoms with Gasteiger partial charge in [-0.05, 0) is 55.7 Å². The molecule has 2 aliphatic rings. The molecule has 2 saturated heterocycles. The molecule has 2 aliphatic heterocycles. The Morgan fingerprint density at radius 3 is 2.55 bits per heavy atom. The van der Waals surface area contributed by atoms with Crippen molar-refractivity contribution in [3.63, 3.8) is 0 Å². The number of likely N-dealkylation sites (tertiary alicyclic amines) is 1. The van der Waals surface area contributed by atoms with E-state index in [1.807, 2.05) is 0 Å². The normalized spacial score (nSPS) is 18.0. The number of allylic oxidation sites excluding steroid dienone is 1. The Morgan fingerprint density at radius 1 is 1.12 bits per heavy atom. The van der Waals surface area contributed by atoms with Crippen LogP contribution in [0.4, 0.5) is 11.6 Å². The predicted molar refractivity (Wildman–Crippen MR) is 157 cm³/mol. The molecule has 2 fully saturated rings. The molecule has 0 bridgehead atoms. The summed E-state index contributed by atoms with van der Waals surface area (Å²) in [6.45, 7) is 3.17. The summed E-state index contributed by atoms with van der Waals surface area (Å²) >= 11 is 5.90. The monoisotopic (exact) mass is 611 g/mol. The van der Waals surface area contributed by atoms with Gasteiger partial charge < -0.3 is 27.0 Å². The fraction of sp³-hybridized carbons (Fsp3) is 0.296. The minimum Gasteiger partial charge on any atom is -0.382 e. The largest absolute Gasteiger partial charge is 0.382 e. The Kier molecular flexibility index (Phi) is 8.03. The fourth-order valence-electron chi connectivity index (χ4n) is 4.99. The lowest BCUT2D eigenvalue weighted by Gasteiger charge is -2.39. The van der Waals surface area contributed by atoms with Crippen LogP contribution in [0.25, 0.3) is 0 Å². The number of benzene rings is 1. The van der Waals surface area contributed by atoms with E-state index in [9.17, 15) is 18.0 Å². The Morgan fingerprint density at radius 2 is 1.83 bits per heavy atom. The third-order valence-electron chi connectivity index (χ3n) is 7.37. The lowest BCUT2D eigenvalue weighted by molar-refractivity contribution is 0.0666. The fourth-order valence-corrected chi connectivity index (χ4v) is 6.39. The van der Waals surface area contributed by atoms with Gasteiger partial charge in [-0.2, -0.15) is 0 Å². The van der Waals surface area contributed by atoms with Crippen LogP contribution in [-0.2, 0) is 10.0 Å². The maximum absolute atomic E-state index is 13.3. The standard InChI is InChI=1S/C27H30ClN9O4S/c1-16(17-5-9-31-10-6-17)36-42(40,41)19-4-2-3-18(13-19)26(39)37-11-7-27(8-12-37)15-32-21(35-27)14-20(38)22-24(29)34-25(30)23(28)33-22/h2-6,9-10,13-14,16,32,35-36H,7-8,11-12,15H2,1H3,(H4,29,30,34)/b21-14+. The third-order valence-corrected chi connectivity index (χ3v) is 9.18. The number of ketones is 1. The number of sulfonamides is 1. The van der Waals surface area contributed by atoms with Gasteiger partial charge >= 0.3 is 0 Å². The van der Waals surface area contributed by atoms with Gasteiger partial charge in [-0.1, -0.05) is 17.7 Å². The maximum atomic E-state index is 13.3. The Hall–Kier alpha value is -4.27. The number of carbonyl (C=O) groups excluding carboxylic acids is 2. The second-order valence-electron chi connectivity index (χ2n) is 10.3. The highest BCUT2D eigenvalue weighted by molar-refractivity contribution is 7.89. The molecule has 7 N–H and O–H groups in total. The summed E-state index contributed by atoms with van der Waals surface area (Å²) in [5.41, 5.74) is 12.0. The van der Waals surface area contributed by atoms with Crippen LogP contribution in [0, 0.1) is 0 Å². The molecule has 0 saturated carbocycles. The summed E-state index contributed by atoms with van der Waals surface area (Å²) in [6, 6.07) is 9.03. The zero-order valence-electron chi connectivity index (χ0n) is 22.7. The summed E-state index contributed by atoms with van der Waals surface area (Å²) in [5, 5.41) is 6.45. The number of halogens is 1. The Balaban J connectivity index is 1.21. The number of anilines is 2. The number of pyridine rings is 1. The smallest absolute Gasteiger partial charge is 0.253 e. The molecular weight excluding hydrogens is 582 g/mol. The van der Waals surface area contributed by atoms with E-state index < -0.39 is 21.8 Å². The molecule has 1 aromatic carbocycles. The number of piperidine rings is 1. The second kappa shape index (κ2) is 11.5. The van der Waals surface area contributed by atoms with Crippen molar-refractivity contribution in [3.8, 4) is 0 Å². The number of hydrogen-bond acceptors (Lipinski definition) is 11. The molecule has 5 rings (SSSR count). The lowest BCUT2D eigenvalue weighted by Crippen LogP contribution is -2.53. The van der Waals surface area contributed by atoms with Crippen LogP contribution in [0.1, 0.15) is 52.2 Å². The molecule has 1 unspecified atom stereocenters. The van der Waals surface area contributed by atoms with E-state index in [0.717, 1.165) is 5.56 Å². The second-order valence-corrected chi connectivity index (χ2v) is 12.3. The van der Waals surface area contributed by atoms with Crippen molar-refractivity contribution >= 4 is 45.0 Å². The summed E-state index contributed by atoms with van der Waals surface area (Å²) in [4.78, 5) is 39.5. The van der Waals surface area contributed by atoms with E-state index in [4.69, 9.17) is 23.1 Å². The number of hydrogen-bond donors (Lipinski definition) is 5. The zero-order chi connectivity index (χ0) is 30.1. The van der Waals surface area contributed by atoms with E-state index in [0.29, 0.717) is 38.3 Å². The van der Waals surface area contributed by atoms with Crippen LogP contribution >= 0.6 is 11.6 Å². The van der Waals surface area contributed by atoms with Crippen molar-refractivity contribution in [1.29, 1.82) is 0 Å². The topological polar surface area (TPSA) is 198 Å². The summed E-state index contributed by atoms with van der Waals surface area (Å²) in [6.07, 6.45) is 5.75. The van der Waals surface area contributed by atoms with Gasteiger partial charge in [-0.15, -0.1) is 0 Å². The molecule has 1 atom stereocenters. The van der Waals surface area contributed by atoms with E-state index >= 15 is 0 Å². The SMILES string of the molecule is CC(NS(=O)(=O)c1cccc(C(=O)N2CCC3(CC2)CN/C(=C\C(=O)c2nc(Cl)c(N)nc2N)N3)c1)c1ccncc1. The first kappa shape index (κ1) is 29.2. The number of nitrogens with one attached hydrogen (secondary N) is 3. The van der Waals surface area contributed by atoms with Crippen LogP contribution < -0.4 is 26.8 Å². The van der Waals surface area contributed by atoms with Gasteiger partial charge in [0.15, 0.2) is 22.5 Å². The third kappa shape index (κ3) is 6.15. The highest BCUT2D eigenvalue weighted by Gasteiger charge is 2.40. The number of carbonyl (C=O) groups is 2. The molecule has 42 heavy (non-hydrogen) atoms. The first-order valence-electron chi connectivity index (χ1n) is 13.1. The van der Waals surface area contributed by atoms with E-state index in [1.165, 1.54) is 18.2 Å². The summed E-state index contributed by atoms with van der Waals surface area (Å²) in [5.74, 6) is -0.415. The first-order valence-corrected chi connectivity index (χ1v) is 15.0. The molecule has 220 valence electrons. The van der Waals surface area contributed by atoms with E-state index in [1.54, 1.807) is 48.5 Å². The predicted octanol–water partition coefficient (Wildman–Crippen LogP) is 1.62. The molecular formula is C27H30ClN9O4S. The molecule has 3 aromatic rings. The van der Waals surface area contributed by atoms with Gasteiger partial charge in [0.2, 0.25) is 15.8 Å². The Labute approximate surface area is 247 Å². The molecule has 1 spiro atoms. The van der Waals surface area contributed by atoms with Gasteiger partial charge in [0.1, 0.15) is 5.82 Å². The lowest BCUT2D eigenvalue weighted by atomic mass is 9.88. The Bertz CT molecular complexity index is 1660. The van der Waals surface area contributed by atoms with Crippen molar-refractivity contribution in [2.45, 2.75) is 36.2 Å². The van der Waals surface area contributed by atoms with Crippen molar-refractivity contribution in [2.75, 3.05) is 31.1 Å². The number of rotatable bonds is 7. The first-order chi connectivity index (χ1) is 20.0. The number of nitrogen functional groups attached to an aromatic ring is 2. The molecule has 2 aromatic heterocycles. The highest BCUT2D eigenvalue weighted by Crippen LogP contribution is 2.28. The van der Waals surface area contributed by atoms with Crippen molar-refractivity contribution in [1.82, 2.24) is 35.2 Å².